The second-order valence-corrected chi connectivity index (χ2v) is 6.98. The molecule has 3 aromatic rings. The molecule has 7 heteroatoms. The van der Waals surface area contributed by atoms with E-state index in [4.69, 9.17) is 11.6 Å². The van der Waals surface area contributed by atoms with Crippen molar-refractivity contribution in [2.24, 2.45) is 0 Å². The topological polar surface area (TPSA) is 76.0 Å². The summed E-state index contributed by atoms with van der Waals surface area (Å²) < 4.78 is 1.73. The zero-order valence-corrected chi connectivity index (χ0v) is 16.7. The van der Waals surface area contributed by atoms with Crippen LogP contribution in [0.5, 0.6) is 0 Å². The van der Waals surface area contributed by atoms with Gasteiger partial charge in [0.05, 0.1) is 17.8 Å². The molecule has 2 amide bonds. The van der Waals surface area contributed by atoms with E-state index < -0.39 is 5.91 Å². The van der Waals surface area contributed by atoms with E-state index in [0.29, 0.717) is 34.1 Å². The predicted molar refractivity (Wildman–Crippen MR) is 108 cm³/mol. The minimum absolute atomic E-state index is 0.382. The number of aromatic nitrogens is 2. The van der Waals surface area contributed by atoms with Gasteiger partial charge in [0.1, 0.15) is 0 Å². The molecule has 0 saturated carbocycles. The number of hydrazine groups is 1. The lowest BCUT2D eigenvalue weighted by atomic mass is 10.1. The van der Waals surface area contributed by atoms with Crippen molar-refractivity contribution in [3.63, 3.8) is 0 Å². The first kappa shape index (κ1) is 19.6. The zero-order chi connectivity index (χ0) is 20.3. The number of hydrogen-bond donors (Lipinski definition) is 2. The van der Waals surface area contributed by atoms with Crippen LogP contribution in [0.3, 0.4) is 0 Å². The van der Waals surface area contributed by atoms with E-state index in [0.717, 1.165) is 11.1 Å². The van der Waals surface area contributed by atoms with Crippen LogP contribution < -0.4 is 10.9 Å². The molecule has 144 valence electrons. The van der Waals surface area contributed by atoms with Crippen LogP contribution in [0.1, 0.15) is 43.2 Å². The van der Waals surface area contributed by atoms with E-state index in [-0.39, 0.29) is 5.91 Å². The fourth-order valence-corrected chi connectivity index (χ4v) is 3.12. The van der Waals surface area contributed by atoms with Crippen molar-refractivity contribution in [1.82, 2.24) is 20.6 Å². The van der Waals surface area contributed by atoms with Gasteiger partial charge in [-0.25, -0.2) is 0 Å². The molecule has 0 aliphatic heterocycles. The monoisotopic (exact) mass is 396 g/mol. The lowest BCUT2D eigenvalue weighted by molar-refractivity contribution is 0.0846. The van der Waals surface area contributed by atoms with Gasteiger partial charge in [0, 0.05) is 16.3 Å². The summed E-state index contributed by atoms with van der Waals surface area (Å²) in [5.74, 6) is -0.798. The van der Waals surface area contributed by atoms with Crippen LogP contribution in [0, 0.1) is 20.8 Å². The van der Waals surface area contributed by atoms with Crippen LogP contribution in [0.15, 0.2) is 48.5 Å². The summed E-state index contributed by atoms with van der Waals surface area (Å²) in [5, 5.41) is 5.09. The van der Waals surface area contributed by atoms with Crippen molar-refractivity contribution in [2.45, 2.75) is 27.3 Å². The second-order valence-electron chi connectivity index (χ2n) is 6.57. The molecule has 0 aliphatic rings. The van der Waals surface area contributed by atoms with Gasteiger partial charge in [0.15, 0.2) is 0 Å². The molecule has 2 N–H and O–H groups in total. The quantitative estimate of drug-likeness (QED) is 0.662. The second kappa shape index (κ2) is 8.27. The van der Waals surface area contributed by atoms with E-state index in [2.05, 4.69) is 16.0 Å². The van der Waals surface area contributed by atoms with Crippen molar-refractivity contribution in [1.29, 1.82) is 0 Å². The zero-order valence-electron chi connectivity index (χ0n) is 15.9. The van der Waals surface area contributed by atoms with Crippen LogP contribution in [0.25, 0.3) is 0 Å². The van der Waals surface area contributed by atoms with Crippen molar-refractivity contribution >= 4 is 23.4 Å². The molecule has 0 radical (unpaired) electrons. The fraction of sp³-hybridized carbons (Fsp3) is 0.190. The van der Waals surface area contributed by atoms with Crippen molar-refractivity contribution in [2.75, 3.05) is 0 Å². The Morgan fingerprint density at radius 3 is 2.29 bits per heavy atom. The minimum atomic E-state index is -0.416. The highest BCUT2D eigenvalue weighted by molar-refractivity contribution is 6.31. The third kappa shape index (κ3) is 4.23. The molecule has 0 spiro atoms. The molecule has 0 unspecified atom stereocenters. The summed E-state index contributed by atoms with van der Waals surface area (Å²) >= 11 is 6.22. The van der Waals surface area contributed by atoms with Gasteiger partial charge in [-0.3, -0.25) is 25.1 Å². The Kier molecular flexibility index (Phi) is 5.80. The number of halogens is 1. The van der Waals surface area contributed by atoms with Crippen molar-refractivity contribution in [3.8, 4) is 0 Å². The van der Waals surface area contributed by atoms with E-state index in [1.165, 1.54) is 0 Å². The summed E-state index contributed by atoms with van der Waals surface area (Å²) in [6.45, 7) is 5.96. The first-order valence-electron chi connectivity index (χ1n) is 8.81. The van der Waals surface area contributed by atoms with Gasteiger partial charge in [-0.1, -0.05) is 47.5 Å². The van der Waals surface area contributed by atoms with Gasteiger partial charge in [0.2, 0.25) is 0 Å². The fourth-order valence-electron chi connectivity index (χ4n) is 2.92. The van der Waals surface area contributed by atoms with Gasteiger partial charge < -0.3 is 0 Å². The number of rotatable bonds is 4. The molecule has 6 nitrogen and oxygen atoms in total. The number of hydrogen-bond acceptors (Lipinski definition) is 3. The SMILES string of the molecule is Cc1ccc(C(=O)NNC(=O)c2c(C)nn(Cc3ccccc3Cl)c2C)cc1. The minimum Gasteiger partial charge on any atom is -0.267 e. The molecule has 0 bridgehead atoms. The van der Waals surface area contributed by atoms with Crippen molar-refractivity contribution in [3.05, 3.63) is 87.2 Å². The third-order valence-corrected chi connectivity index (χ3v) is 4.86. The molecule has 3 rings (SSSR count). The van der Waals surface area contributed by atoms with Gasteiger partial charge in [0.25, 0.3) is 11.8 Å². The smallest absolute Gasteiger partial charge is 0.267 e. The Labute approximate surface area is 168 Å². The number of amides is 2. The maximum absolute atomic E-state index is 12.6. The molecule has 0 aliphatic carbocycles. The number of carbonyl (C=O) groups is 2. The summed E-state index contributed by atoms with van der Waals surface area (Å²) in [7, 11) is 0. The molecular weight excluding hydrogens is 376 g/mol. The normalized spacial score (nSPS) is 10.6. The van der Waals surface area contributed by atoms with E-state index >= 15 is 0 Å². The number of benzene rings is 2. The Hall–Kier alpha value is -3.12. The number of nitrogens with zero attached hydrogens (tertiary/aromatic N) is 2. The lowest BCUT2D eigenvalue weighted by Crippen LogP contribution is -2.42. The number of aryl methyl sites for hydroxylation is 2. The Morgan fingerprint density at radius 1 is 0.964 bits per heavy atom. The van der Waals surface area contributed by atoms with Crippen LogP contribution in [-0.2, 0) is 6.54 Å². The summed E-state index contributed by atoms with van der Waals surface area (Å²) in [6.07, 6.45) is 0. The molecule has 28 heavy (non-hydrogen) atoms. The van der Waals surface area contributed by atoms with E-state index in [1.54, 1.807) is 23.7 Å². The average Bonchev–Trinajstić information content (AvgIpc) is 2.95. The maximum atomic E-state index is 12.6. The van der Waals surface area contributed by atoms with Crippen LogP contribution >= 0.6 is 11.6 Å². The standard InChI is InChI=1S/C21H21ClN4O2/c1-13-8-10-16(11-9-13)20(27)23-24-21(28)19-14(2)25-26(15(19)3)12-17-6-4-5-7-18(17)22/h4-11H,12H2,1-3H3,(H,23,27)(H,24,28). The van der Waals surface area contributed by atoms with Gasteiger partial charge in [-0.15, -0.1) is 0 Å². The highest BCUT2D eigenvalue weighted by Gasteiger charge is 2.20. The van der Waals surface area contributed by atoms with Gasteiger partial charge >= 0.3 is 0 Å². The Morgan fingerprint density at radius 2 is 1.61 bits per heavy atom. The van der Waals surface area contributed by atoms with E-state index in [1.807, 2.05) is 50.2 Å². The average molecular weight is 397 g/mol. The largest absolute Gasteiger partial charge is 0.273 e. The van der Waals surface area contributed by atoms with Gasteiger partial charge in [-0.2, -0.15) is 5.10 Å². The molecule has 1 aromatic heterocycles. The lowest BCUT2D eigenvalue weighted by Gasteiger charge is -2.09. The summed E-state index contributed by atoms with van der Waals surface area (Å²) in [4.78, 5) is 24.8. The molecular formula is C21H21ClN4O2. The van der Waals surface area contributed by atoms with Crippen molar-refractivity contribution < 1.29 is 9.59 Å². The highest BCUT2D eigenvalue weighted by atomic mass is 35.5. The summed E-state index contributed by atoms with van der Waals surface area (Å²) in [6, 6.07) is 14.6. The predicted octanol–water partition coefficient (Wildman–Crippen LogP) is 3.58. The third-order valence-electron chi connectivity index (χ3n) is 4.49. The first-order chi connectivity index (χ1) is 13.4. The molecule has 1 heterocycles. The Balaban J connectivity index is 1.72. The first-order valence-corrected chi connectivity index (χ1v) is 9.19. The molecule has 0 atom stereocenters. The van der Waals surface area contributed by atoms with Crippen LogP contribution in [-0.4, -0.2) is 21.6 Å². The van der Waals surface area contributed by atoms with Gasteiger partial charge in [-0.05, 0) is 44.5 Å². The molecule has 0 saturated heterocycles. The summed E-state index contributed by atoms with van der Waals surface area (Å²) in [5.41, 5.74) is 9.03. The van der Waals surface area contributed by atoms with Crippen LogP contribution in [0.4, 0.5) is 0 Å². The van der Waals surface area contributed by atoms with E-state index in [9.17, 15) is 9.59 Å². The number of nitrogens with one attached hydrogen (secondary N) is 2. The number of carbonyl (C=O) groups excluding carboxylic acids is 2. The Bertz CT molecular complexity index is 1030. The maximum Gasteiger partial charge on any atom is 0.273 e. The molecule has 0 fully saturated rings. The van der Waals surface area contributed by atoms with Crippen LogP contribution in [0.2, 0.25) is 5.02 Å². The highest BCUT2D eigenvalue weighted by Crippen LogP contribution is 2.19. The molecule has 2 aromatic carbocycles.